The second kappa shape index (κ2) is 11.2. The molecule has 0 aliphatic heterocycles. The van der Waals surface area contributed by atoms with Crippen LogP contribution in [0, 0.1) is 17.9 Å². The molecular formula is C46H38N4. The molecule has 0 aliphatic carbocycles. The molecule has 0 saturated carbocycles. The van der Waals surface area contributed by atoms with Gasteiger partial charge in [-0.3, -0.25) is 0 Å². The molecule has 4 nitrogen and oxygen atoms in total. The first-order chi connectivity index (χ1) is 24.0. The molecule has 4 heteroatoms. The fourth-order valence-corrected chi connectivity index (χ4v) is 7.32. The number of nitrogens with zero attached hydrogens (tertiary/aromatic N) is 4. The lowest BCUT2D eigenvalue weighted by atomic mass is 9.86. The molecule has 2 heterocycles. The third-order valence-corrected chi connectivity index (χ3v) is 10.1. The van der Waals surface area contributed by atoms with E-state index >= 15 is 0 Å². The number of aromatic nitrogens is 2. The van der Waals surface area contributed by atoms with Crippen LogP contribution in [0.25, 0.3) is 71.0 Å². The van der Waals surface area contributed by atoms with Crippen molar-refractivity contribution in [1.29, 1.82) is 5.26 Å². The smallest absolute Gasteiger partial charge is 0.204 e. The average Bonchev–Trinajstić information content (AvgIpc) is 3.62. The molecule has 0 N–H and O–H groups in total. The summed E-state index contributed by atoms with van der Waals surface area (Å²) in [4.78, 5) is 3.56. The second-order valence-corrected chi connectivity index (χ2v) is 15.4. The first-order valence-corrected chi connectivity index (χ1v) is 17.1. The maximum Gasteiger partial charge on any atom is 0.204 e. The van der Waals surface area contributed by atoms with Crippen LogP contribution in [0.4, 0.5) is 5.69 Å². The van der Waals surface area contributed by atoms with Gasteiger partial charge in [0.2, 0.25) is 5.69 Å². The Balaban J connectivity index is 1.38. The summed E-state index contributed by atoms with van der Waals surface area (Å²) in [5.41, 5.74) is 12.2. The van der Waals surface area contributed by atoms with Gasteiger partial charge in [-0.05, 0) is 99.8 Å². The lowest BCUT2D eigenvalue weighted by Gasteiger charge is -2.19. The Morgan fingerprint density at radius 3 is 1.66 bits per heavy atom. The van der Waals surface area contributed by atoms with Gasteiger partial charge in [0.1, 0.15) is 0 Å². The van der Waals surface area contributed by atoms with Crippen LogP contribution in [-0.2, 0) is 10.8 Å². The molecule has 50 heavy (non-hydrogen) atoms. The van der Waals surface area contributed by atoms with Gasteiger partial charge in [-0.1, -0.05) is 96.1 Å². The molecule has 0 saturated heterocycles. The molecule has 0 atom stereocenters. The van der Waals surface area contributed by atoms with E-state index in [1.807, 2.05) is 12.1 Å². The van der Waals surface area contributed by atoms with E-state index in [1.54, 1.807) is 6.07 Å². The molecule has 2 aromatic heterocycles. The van der Waals surface area contributed by atoms with E-state index in [4.69, 9.17) is 6.57 Å². The number of hydrogen-bond donors (Lipinski definition) is 0. The van der Waals surface area contributed by atoms with Gasteiger partial charge in [0.05, 0.1) is 40.3 Å². The van der Waals surface area contributed by atoms with Crippen LogP contribution in [0.15, 0.2) is 121 Å². The van der Waals surface area contributed by atoms with Gasteiger partial charge in [0, 0.05) is 32.9 Å². The summed E-state index contributed by atoms with van der Waals surface area (Å²) < 4.78 is 4.61. The van der Waals surface area contributed by atoms with Gasteiger partial charge < -0.3 is 9.13 Å². The standard InChI is InChI=1S/C46H38N4/c1-45(2,3)32-15-21-42-38(26-32)36-18-13-30(25-44(36)49(42)34-11-9-8-10-12-34)29-14-20-41-37(24-29)39-27-33(46(4,5)6)16-22-43(39)50(41)35-17-19-40(48-7)31(23-35)28-47/h8-27H,1-6H3. The highest BCUT2D eigenvalue weighted by Crippen LogP contribution is 2.40. The molecule has 0 amide bonds. The normalized spacial score (nSPS) is 12.2. The number of benzene rings is 6. The van der Waals surface area contributed by atoms with Crippen molar-refractivity contribution in [2.75, 3.05) is 0 Å². The van der Waals surface area contributed by atoms with Crippen molar-refractivity contribution in [2.24, 2.45) is 0 Å². The Morgan fingerprint density at radius 2 is 1.06 bits per heavy atom. The maximum absolute atomic E-state index is 9.84. The predicted octanol–water partition coefficient (Wildman–Crippen LogP) is 12.6. The summed E-state index contributed by atoms with van der Waals surface area (Å²) in [7, 11) is 0. The molecule has 0 spiro atoms. The molecular weight excluding hydrogens is 609 g/mol. The van der Waals surface area contributed by atoms with Crippen molar-refractivity contribution >= 4 is 49.3 Å². The third-order valence-electron chi connectivity index (χ3n) is 10.1. The highest BCUT2D eigenvalue weighted by Gasteiger charge is 2.21. The quantitative estimate of drug-likeness (QED) is 0.176. The minimum atomic E-state index is -0.0196. The molecule has 0 unspecified atom stereocenters. The molecule has 0 bridgehead atoms. The number of para-hydroxylation sites is 1. The number of hydrogen-bond acceptors (Lipinski definition) is 1. The highest BCUT2D eigenvalue weighted by atomic mass is 15.0. The molecule has 0 fully saturated rings. The van der Waals surface area contributed by atoms with E-state index < -0.39 is 0 Å². The molecule has 8 aromatic rings. The topological polar surface area (TPSA) is 38.0 Å². The minimum Gasteiger partial charge on any atom is -0.309 e. The zero-order valence-electron chi connectivity index (χ0n) is 29.3. The van der Waals surface area contributed by atoms with Crippen molar-refractivity contribution in [3.63, 3.8) is 0 Å². The lowest BCUT2D eigenvalue weighted by Crippen LogP contribution is -2.10. The van der Waals surface area contributed by atoms with Crippen molar-refractivity contribution in [2.45, 2.75) is 52.4 Å². The Hall–Kier alpha value is -6.10. The maximum atomic E-state index is 9.84. The van der Waals surface area contributed by atoms with E-state index in [1.165, 1.54) is 32.9 Å². The van der Waals surface area contributed by atoms with Crippen LogP contribution in [0.5, 0.6) is 0 Å². The van der Waals surface area contributed by atoms with Crippen LogP contribution in [-0.4, -0.2) is 9.13 Å². The van der Waals surface area contributed by atoms with Gasteiger partial charge in [0.25, 0.3) is 0 Å². The molecule has 6 aromatic carbocycles. The second-order valence-electron chi connectivity index (χ2n) is 15.4. The van der Waals surface area contributed by atoms with E-state index in [0.29, 0.717) is 11.3 Å². The summed E-state index contributed by atoms with van der Waals surface area (Å²) in [5, 5.41) is 14.7. The van der Waals surface area contributed by atoms with Crippen LogP contribution < -0.4 is 0 Å². The molecule has 8 rings (SSSR count). The van der Waals surface area contributed by atoms with Gasteiger partial charge in [0.15, 0.2) is 0 Å². The highest BCUT2D eigenvalue weighted by molar-refractivity contribution is 6.12. The minimum absolute atomic E-state index is 0.0196. The summed E-state index contributed by atoms with van der Waals surface area (Å²) >= 11 is 0. The average molecular weight is 647 g/mol. The van der Waals surface area contributed by atoms with Gasteiger partial charge >= 0.3 is 0 Å². The van der Waals surface area contributed by atoms with Gasteiger partial charge in [-0.15, -0.1) is 0 Å². The van der Waals surface area contributed by atoms with Gasteiger partial charge in [-0.25, -0.2) is 4.85 Å². The van der Waals surface area contributed by atoms with E-state index in [9.17, 15) is 5.26 Å². The van der Waals surface area contributed by atoms with E-state index in [2.05, 4.69) is 165 Å². The Bertz CT molecular complexity index is 2730. The van der Waals surface area contributed by atoms with Crippen LogP contribution in [0.1, 0.15) is 58.2 Å². The van der Waals surface area contributed by atoms with Crippen molar-refractivity contribution < 1.29 is 0 Å². The predicted molar refractivity (Wildman–Crippen MR) is 209 cm³/mol. The molecule has 0 aliphatic rings. The summed E-state index contributed by atoms with van der Waals surface area (Å²) in [6.07, 6.45) is 0. The van der Waals surface area contributed by atoms with Crippen molar-refractivity contribution in [3.8, 4) is 28.6 Å². The lowest BCUT2D eigenvalue weighted by molar-refractivity contribution is 0.591. The van der Waals surface area contributed by atoms with Crippen LogP contribution in [0.3, 0.4) is 0 Å². The molecule has 242 valence electrons. The van der Waals surface area contributed by atoms with Crippen LogP contribution >= 0.6 is 0 Å². The SMILES string of the molecule is [C-]#[N+]c1ccc(-n2c3ccc(-c4ccc5c6cc(C(C)(C)C)ccc6n(-c6ccccc6)c5c4)cc3c3cc(C(C)(C)C)ccc32)cc1C#N. The van der Waals surface area contributed by atoms with Gasteiger partial charge in [-0.2, -0.15) is 5.26 Å². The van der Waals surface area contributed by atoms with E-state index in [0.717, 1.165) is 44.3 Å². The monoisotopic (exact) mass is 646 g/mol. The Morgan fingerprint density at radius 1 is 0.520 bits per heavy atom. The third kappa shape index (κ3) is 4.96. The first kappa shape index (κ1) is 31.2. The first-order valence-electron chi connectivity index (χ1n) is 17.1. The van der Waals surface area contributed by atoms with Crippen molar-refractivity contribution in [3.05, 3.63) is 149 Å². The summed E-state index contributed by atoms with van der Waals surface area (Å²) in [6, 6.07) is 45.6. The number of fused-ring (bicyclic) bond motifs is 6. The summed E-state index contributed by atoms with van der Waals surface area (Å²) in [6.45, 7) is 21.1. The zero-order chi connectivity index (χ0) is 34.9. The fourth-order valence-electron chi connectivity index (χ4n) is 7.32. The van der Waals surface area contributed by atoms with Crippen molar-refractivity contribution in [1.82, 2.24) is 9.13 Å². The fraction of sp³-hybridized carbons (Fsp3) is 0.174. The Labute approximate surface area is 293 Å². The summed E-state index contributed by atoms with van der Waals surface area (Å²) in [5.74, 6) is 0. The van der Waals surface area contributed by atoms with E-state index in [-0.39, 0.29) is 10.8 Å². The zero-order valence-corrected chi connectivity index (χ0v) is 29.3. The van der Waals surface area contributed by atoms with Crippen LogP contribution in [0.2, 0.25) is 0 Å². The number of rotatable bonds is 3. The number of nitriles is 1. The largest absolute Gasteiger partial charge is 0.309 e. The Kier molecular flexibility index (Phi) is 7.00. The molecule has 0 radical (unpaired) electrons.